The van der Waals surface area contributed by atoms with Gasteiger partial charge in [0.25, 0.3) is 0 Å². The Bertz CT molecular complexity index is 407. The van der Waals surface area contributed by atoms with Crippen LogP contribution < -0.4 is 5.32 Å². The molecule has 106 valence electrons. The van der Waals surface area contributed by atoms with Crippen molar-refractivity contribution in [2.45, 2.75) is 13.1 Å². The van der Waals surface area contributed by atoms with E-state index in [1.54, 1.807) is 7.05 Å². The highest BCUT2D eigenvalue weighted by Crippen LogP contribution is 2.07. The molecule has 1 rings (SSSR count). The minimum atomic E-state index is -0.174. The average molecular weight is 265 g/mol. The Kier molecular flexibility index (Phi) is 6.32. The van der Waals surface area contributed by atoms with Gasteiger partial charge in [-0.1, -0.05) is 24.3 Å². The maximum atomic E-state index is 11.7. The summed E-state index contributed by atoms with van der Waals surface area (Å²) >= 11 is 0. The Morgan fingerprint density at radius 2 is 1.95 bits per heavy atom. The van der Waals surface area contributed by atoms with E-state index >= 15 is 0 Å². The first kappa shape index (κ1) is 15.5. The zero-order valence-electron chi connectivity index (χ0n) is 11.9. The van der Waals surface area contributed by atoms with E-state index in [2.05, 4.69) is 22.3 Å². The lowest BCUT2D eigenvalue weighted by Crippen LogP contribution is -2.38. The Hall–Kier alpha value is -1.59. The molecule has 0 aliphatic heterocycles. The van der Waals surface area contributed by atoms with E-state index in [9.17, 15) is 4.79 Å². The zero-order valence-corrected chi connectivity index (χ0v) is 11.9. The fraction of sp³-hybridized carbons (Fsp3) is 0.500. The molecule has 1 aromatic rings. The van der Waals surface area contributed by atoms with Gasteiger partial charge in [-0.05, 0) is 25.2 Å². The molecule has 2 amide bonds. The van der Waals surface area contributed by atoms with Gasteiger partial charge in [0.05, 0.1) is 6.61 Å². The SMILES string of the molecule is CN(C)Cc1cccc(CNC(=O)N(C)CCO)c1. The van der Waals surface area contributed by atoms with Crippen LogP contribution in [0.1, 0.15) is 11.1 Å². The number of amides is 2. The van der Waals surface area contributed by atoms with Crippen LogP contribution in [0.5, 0.6) is 0 Å². The van der Waals surface area contributed by atoms with Gasteiger partial charge in [-0.3, -0.25) is 0 Å². The molecule has 0 aliphatic rings. The lowest BCUT2D eigenvalue weighted by molar-refractivity contribution is 0.190. The fourth-order valence-electron chi connectivity index (χ4n) is 1.77. The number of rotatable bonds is 6. The van der Waals surface area contributed by atoms with Crippen LogP contribution in [0.15, 0.2) is 24.3 Å². The molecule has 0 saturated heterocycles. The summed E-state index contributed by atoms with van der Waals surface area (Å²) < 4.78 is 0. The monoisotopic (exact) mass is 265 g/mol. The quantitative estimate of drug-likeness (QED) is 0.803. The molecule has 0 aromatic heterocycles. The van der Waals surface area contributed by atoms with Crippen molar-refractivity contribution < 1.29 is 9.90 Å². The Balaban J connectivity index is 2.51. The highest BCUT2D eigenvalue weighted by Gasteiger charge is 2.06. The standard InChI is InChI=1S/C14H23N3O2/c1-16(2)11-13-6-4-5-12(9-13)10-15-14(19)17(3)7-8-18/h4-6,9,18H,7-8,10-11H2,1-3H3,(H,15,19). The van der Waals surface area contributed by atoms with Crippen molar-refractivity contribution in [3.8, 4) is 0 Å². The number of nitrogens with one attached hydrogen (secondary N) is 1. The van der Waals surface area contributed by atoms with Crippen molar-refractivity contribution >= 4 is 6.03 Å². The molecule has 0 spiro atoms. The molecule has 0 saturated carbocycles. The van der Waals surface area contributed by atoms with Crippen LogP contribution in [-0.2, 0) is 13.1 Å². The van der Waals surface area contributed by atoms with Crippen LogP contribution in [0, 0.1) is 0 Å². The molecule has 5 heteroatoms. The number of hydrogen-bond donors (Lipinski definition) is 2. The number of aliphatic hydroxyl groups excluding tert-OH is 1. The van der Waals surface area contributed by atoms with Crippen molar-refractivity contribution in [1.29, 1.82) is 0 Å². The normalized spacial score (nSPS) is 10.6. The van der Waals surface area contributed by atoms with E-state index in [4.69, 9.17) is 5.11 Å². The smallest absolute Gasteiger partial charge is 0.317 e. The summed E-state index contributed by atoms with van der Waals surface area (Å²) in [6.07, 6.45) is 0. The number of carbonyl (C=O) groups is 1. The molecule has 0 unspecified atom stereocenters. The summed E-state index contributed by atoms with van der Waals surface area (Å²) in [6, 6.07) is 7.98. The van der Waals surface area contributed by atoms with Gasteiger partial charge in [0, 0.05) is 26.7 Å². The molecule has 19 heavy (non-hydrogen) atoms. The average Bonchev–Trinajstić information content (AvgIpc) is 2.36. The third-order valence-electron chi connectivity index (χ3n) is 2.72. The first-order valence-corrected chi connectivity index (χ1v) is 6.35. The van der Waals surface area contributed by atoms with E-state index in [-0.39, 0.29) is 12.6 Å². The molecule has 0 fully saturated rings. The second-order valence-electron chi connectivity index (χ2n) is 4.86. The van der Waals surface area contributed by atoms with Crippen molar-refractivity contribution in [3.05, 3.63) is 35.4 Å². The van der Waals surface area contributed by atoms with Crippen molar-refractivity contribution in [2.75, 3.05) is 34.3 Å². The van der Waals surface area contributed by atoms with Gasteiger partial charge in [0.2, 0.25) is 0 Å². The van der Waals surface area contributed by atoms with E-state index in [1.807, 2.05) is 26.2 Å². The van der Waals surface area contributed by atoms with Crippen molar-refractivity contribution in [3.63, 3.8) is 0 Å². The number of urea groups is 1. The van der Waals surface area contributed by atoms with Crippen LogP contribution >= 0.6 is 0 Å². The number of likely N-dealkylation sites (N-methyl/N-ethyl adjacent to an activating group) is 1. The van der Waals surface area contributed by atoms with E-state index < -0.39 is 0 Å². The lowest BCUT2D eigenvalue weighted by atomic mass is 10.1. The number of benzene rings is 1. The zero-order chi connectivity index (χ0) is 14.3. The van der Waals surface area contributed by atoms with Gasteiger partial charge in [-0.2, -0.15) is 0 Å². The molecule has 0 heterocycles. The number of carbonyl (C=O) groups excluding carboxylic acids is 1. The molecule has 0 bridgehead atoms. The maximum Gasteiger partial charge on any atom is 0.317 e. The minimum absolute atomic E-state index is 0.0256. The summed E-state index contributed by atoms with van der Waals surface area (Å²) in [5.74, 6) is 0. The largest absolute Gasteiger partial charge is 0.395 e. The second-order valence-corrected chi connectivity index (χ2v) is 4.86. The van der Waals surface area contributed by atoms with Crippen LogP contribution in [0.25, 0.3) is 0 Å². The lowest BCUT2D eigenvalue weighted by Gasteiger charge is -2.17. The summed E-state index contributed by atoms with van der Waals surface area (Å²) in [5, 5.41) is 11.6. The molecule has 0 aliphatic carbocycles. The molecule has 5 nitrogen and oxygen atoms in total. The first-order valence-electron chi connectivity index (χ1n) is 6.35. The van der Waals surface area contributed by atoms with Gasteiger partial charge in [-0.25, -0.2) is 4.79 Å². The predicted octanol–water partition coefficient (Wildman–Crippen LogP) is 0.882. The molecular weight excluding hydrogens is 242 g/mol. The molecule has 2 N–H and O–H groups in total. The number of aliphatic hydroxyl groups is 1. The Labute approximate surface area is 114 Å². The number of nitrogens with zero attached hydrogens (tertiary/aromatic N) is 2. The molecular formula is C14H23N3O2. The summed E-state index contributed by atoms with van der Waals surface area (Å²) in [6.45, 7) is 1.69. The topological polar surface area (TPSA) is 55.8 Å². The first-order chi connectivity index (χ1) is 9.02. The number of hydrogen-bond acceptors (Lipinski definition) is 3. The van der Waals surface area contributed by atoms with Gasteiger partial charge in [-0.15, -0.1) is 0 Å². The molecule has 0 radical (unpaired) electrons. The van der Waals surface area contributed by atoms with Crippen LogP contribution in [0.3, 0.4) is 0 Å². The Morgan fingerprint density at radius 1 is 1.26 bits per heavy atom. The van der Waals surface area contributed by atoms with Gasteiger partial charge < -0.3 is 20.2 Å². The van der Waals surface area contributed by atoms with Crippen LogP contribution in [-0.4, -0.2) is 55.2 Å². The summed E-state index contributed by atoms with van der Waals surface area (Å²) in [7, 11) is 5.71. The molecule has 1 aromatic carbocycles. The van der Waals surface area contributed by atoms with Crippen LogP contribution in [0.2, 0.25) is 0 Å². The summed E-state index contributed by atoms with van der Waals surface area (Å²) in [5.41, 5.74) is 2.30. The third-order valence-corrected chi connectivity index (χ3v) is 2.72. The Morgan fingerprint density at radius 3 is 2.58 bits per heavy atom. The minimum Gasteiger partial charge on any atom is -0.395 e. The van der Waals surface area contributed by atoms with E-state index in [0.29, 0.717) is 13.1 Å². The summed E-state index contributed by atoms with van der Waals surface area (Å²) in [4.78, 5) is 15.2. The van der Waals surface area contributed by atoms with E-state index in [1.165, 1.54) is 10.5 Å². The highest BCUT2D eigenvalue weighted by atomic mass is 16.3. The second kappa shape index (κ2) is 7.76. The van der Waals surface area contributed by atoms with Crippen molar-refractivity contribution in [1.82, 2.24) is 15.1 Å². The fourth-order valence-corrected chi connectivity index (χ4v) is 1.77. The van der Waals surface area contributed by atoms with Gasteiger partial charge in [0.15, 0.2) is 0 Å². The van der Waals surface area contributed by atoms with Gasteiger partial charge in [0.1, 0.15) is 0 Å². The third kappa shape index (κ3) is 5.72. The maximum absolute atomic E-state index is 11.7. The van der Waals surface area contributed by atoms with Gasteiger partial charge >= 0.3 is 6.03 Å². The molecule has 0 atom stereocenters. The van der Waals surface area contributed by atoms with Crippen LogP contribution in [0.4, 0.5) is 4.79 Å². The van der Waals surface area contributed by atoms with E-state index in [0.717, 1.165) is 12.1 Å². The van der Waals surface area contributed by atoms with Crippen molar-refractivity contribution in [2.24, 2.45) is 0 Å². The predicted molar refractivity (Wildman–Crippen MR) is 75.8 cm³/mol. The highest BCUT2D eigenvalue weighted by molar-refractivity contribution is 5.73.